The fraction of sp³-hybridized carbons (Fsp3) is 0. The molecule has 134 valence electrons. The second-order valence-corrected chi connectivity index (χ2v) is 5.62. The summed E-state index contributed by atoms with van der Waals surface area (Å²) < 4.78 is 32.7. The number of nitrogens with two attached hydrogens (primary N) is 1. The van der Waals surface area contributed by atoms with Crippen molar-refractivity contribution in [1.29, 1.82) is 0 Å². The van der Waals surface area contributed by atoms with Gasteiger partial charge in [0.2, 0.25) is 5.88 Å². The van der Waals surface area contributed by atoms with Gasteiger partial charge in [0.1, 0.15) is 29.2 Å². The van der Waals surface area contributed by atoms with Crippen molar-refractivity contribution in [2.45, 2.75) is 0 Å². The van der Waals surface area contributed by atoms with Crippen molar-refractivity contribution in [3.63, 3.8) is 0 Å². The number of nitrogens with zero attached hydrogens (tertiary/aromatic N) is 3. The lowest BCUT2D eigenvalue weighted by Crippen LogP contribution is -2.04. The average molecular weight is 365 g/mol. The molecule has 2 aromatic carbocycles. The molecule has 0 saturated heterocycles. The second-order valence-electron chi connectivity index (χ2n) is 5.62. The second kappa shape index (κ2) is 6.83. The monoisotopic (exact) mass is 365 g/mol. The lowest BCUT2D eigenvalue weighted by atomic mass is 10.2. The Kier molecular flexibility index (Phi) is 4.21. The summed E-state index contributed by atoms with van der Waals surface area (Å²) in [6, 6.07) is 12.3. The van der Waals surface area contributed by atoms with E-state index in [1.807, 2.05) is 24.3 Å². The maximum atomic E-state index is 13.9. The van der Waals surface area contributed by atoms with Gasteiger partial charge >= 0.3 is 0 Å². The molecule has 0 aliphatic carbocycles. The molecular weight excluding hydrogens is 352 g/mol. The number of hydrogen-bond donors (Lipinski definition) is 2. The third-order valence-corrected chi connectivity index (χ3v) is 3.83. The smallest absolute Gasteiger partial charge is 0.248 e. The molecule has 4 aromatic rings. The van der Waals surface area contributed by atoms with Gasteiger partial charge in [0.25, 0.3) is 0 Å². The molecule has 3 N–H and O–H groups in total. The zero-order valence-electron chi connectivity index (χ0n) is 13.9. The number of benzene rings is 2. The van der Waals surface area contributed by atoms with Gasteiger partial charge in [-0.25, -0.2) is 13.8 Å². The van der Waals surface area contributed by atoms with Gasteiger partial charge < -0.3 is 15.8 Å². The summed E-state index contributed by atoms with van der Waals surface area (Å²) in [6.07, 6.45) is 2.89. The van der Waals surface area contributed by atoms with Crippen LogP contribution in [0.5, 0.6) is 11.6 Å². The highest BCUT2D eigenvalue weighted by Crippen LogP contribution is 2.33. The van der Waals surface area contributed by atoms with Crippen LogP contribution in [0.15, 0.2) is 61.1 Å². The van der Waals surface area contributed by atoms with Gasteiger partial charge in [-0.3, -0.25) is 4.98 Å². The first kappa shape index (κ1) is 16.6. The van der Waals surface area contributed by atoms with Crippen LogP contribution in [-0.2, 0) is 0 Å². The van der Waals surface area contributed by atoms with Crippen molar-refractivity contribution >= 4 is 28.1 Å². The molecule has 8 heteroatoms. The van der Waals surface area contributed by atoms with E-state index in [9.17, 15) is 8.78 Å². The number of ether oxygens (including phenoxy) is 1. The Hall–Kier alpha value is -3.81. The Balaban J connectivity index is 1.67. The maximum absolute atomic E-state index is 13.9. The molecule has 4 rings (SSSR count). The maximum Gasteiger partial charge on any atom is 0.248 e. The summed E-state index contributed by atoms with van der Waals surface area (Å²) in [7, 11) is 0. The predicted molar refractivity (Wildman–Crippen MR) is 97.9 cm³/mol. The number of anilines is 3. The minimum Gasteiger partial charge on any atom is -0.435 e. The third kappa shape index (κ3) is 3.32. The number of aromatic nitrogens is 3. The van der Waals surface area contributed by atoms with Crippen LogP contribution >= 0.6 is 0 Å². The molecule has 0 amide bonds. The lowest BCUT2D eigenvalue weighted by molar-refractivity contribution is 0.469. The molecule has 0 atom stereocenters. The Morgan fingerprint density at radius 2 is 1.81 bits per heavy atom. The number of nitrogens with one attached hydrogen (secondary N) is 1. The van der Waals surface area contributed by atoms with Gasteiger partial charge in [0, 0.05) is 17.6 Å². The summed E-state index contributed by atoms with van der Waals surface area (Å²) in [5.74, 6) is -0.751. The fourth-order valence-electron chi connectivity index (χ4n) is 2.54. The van der Waals surface area contributed by atoms with Crippen LogP contribution in [0.1, 0.15) is 0 Å². The highest BCUT2D eigenvalue weighted by atomic mass is 19.1. The number of para-hydroxylation sites is 1. The van der Waals surface area contributed by atoms with E-state index >= 15 is 0 Å². The molecule has 0 radical (unpaired) electrons. The first-order valence-electron chi connectivity index (χ1n) is 7.96. The predicted octanol–water partition coefficient (Wildman–Crippen LogP) is 4.42. The molecule has 0 fully saturated rings. The van der Waals surface area contributed by atoms with E-state index in [0.29, 0.717) is 11.3 Å². The summed E-state index contributed by atoms with van der Waals surface area (Å²) in [4.78, 5) is 12.3. The molecule has 0 saturated carbocycles. The number of fused-ring (bicyclic) bond motifs is 1. The van der Waals surface area contributed by atoms with Crippen molar-refractivity contribution < 1.29 is 13.5 Å². The van der Waals surface area contributed by atoms with Crippen molar-refractivity contribution in [2.75, 3.05) is 11.1 Å². The Morgan fingerprint density at radius 1 is 0.963 bits per heavy atom. The van der Waals surface area contributed by atoms with Crippen molar-refractivity contribution in [3.05, 3.63) is 72.7 Å². The number of rotatable bonds is 4. The quantitative estimate of drug-likeness (QED) is 0.557. The molecule has 2 aromatic heterocycles. The lowest BCUT2D eigenvalue weighted by Gasteiger charge is -2.13. The number of hydrogen-bond acceptors (Lipinski definition) is 6. The number of nitrogen functional groups attached to an aromatic ring is 1. The van der Waals surface area contributed by atoms with E-state index in [2.05, 4.69) is 20.3 Å². The third-order valence-electron chi connectivity index (χ3n) is 3.83. The molecular formula is C19H13F2N5O. The molecule has 6 nitrogen and oxygen atoms in total. The van der Waals surface area contributed by atoms with Crippen LogP contribution in [0.4, 0.5) is 26.0 Å². The zero-order chi connectivity index (χ0) is 18.8. The first-order valence-corrected chi connectivity index (χ1v) is 7.96. The minimum absolute atomic E-state index is 0.0274. The molecule has 0 spiro atoms. The first-order chi connectivity index (χ1) is 13.1. The van der Waals surface area contributed by atoms with Gasteiger partial charge in [0.05, 0.1) is 5.69 Å². The summed E-state index contributed by atoms with van der Waals surface area (Å²) in [5, 5.41) is 3.62. The number of halogens is 2. The van der Waals surface area contributed by atoms with Crippen LogP contribution < -0.4 is 15.8 Å². The minimum atomic E-state index is -0.770. The summed E-state index contributed by atoms with van der Waals surface area (Å²) in [5.41, 5.74) is 6.83. The van der Waals surface area contributed by atoms with Gasteiger partial charge in [0.15, 0.2) is 11.6 Å². The van der Waals surface area contributed by atoms with Crippen molar-refractivity contribution in [3.8, 4) is 11.6 Å². The average Bonchev–Trinajstić information content (AvgIpc) is 2.67. The zero-order valence-corrected chi connectivity index (χ0v) is 13.9. The SMILES string of the molecule is Nc1c(Nc2ccc(F)cc2F)ncnc1Oc1cccc2cccnc12. The van der Waals surface area contributed by atoms with Gasteiger partial charge in [-0.2, -0.15) is 4.98 Å². The van der Waals surface area contributed by atoms with E-state index in [4.69, 9.17) is 10.5 Å². The van der Waals surface area contributed by atoms with E-state index in [-0.39, 0.29) is 23.1 Å². The molecule has 27 heavy (non-hydrogen) atoms. The molecule has 0 unspecified atom stereocenters. The standard InChI is InChI=1S/C19H13F2N5O/c20-12-6-7-14(13(21)9-12)26-18-16(22)19(25-10-24-18)27-15-5-1-3-11-4-2-8-23-17(11)15/h1-10H,22H2,(H,24,25,26). The van der Waals surface area contributed by atoms with Crippen LogP contribution in [-0.4, -0.2) is 15.0 Å². The van der Waals surface area contributed by atoms with Crippen LogP contribution in [0.2, 0.25) is 0 Å². The normalized spacial score (nSPS) is 10.7. The molecule has 0 bridgehead atoms. The molecule has 0 aliphatic rings. The van der Waals surface area contributed by atoms with Crippen molar-refractivity contribution in [1.82, 2.24) is 15.0 Å². The van der Waals surface area contributed by atoms with E-state index in [0.717, 1.165) is 17.5 Å². The highest BCUT2D eigenvalue weighted by molar-refractivity contribution is 5.84. The van der Waals surface area contributed by atoms with Crippen LogP contribution in [0.3, 0.4) is 0 Å². The van der Waals surface area contributed by atoms with Crippen LogP contribution in [0, 0.1) is 11.6 Å². The Labute approximate surface area is 152 Å². The molecule has 0 aliphatic heterocycles. The van der Waals surface area contributed by atoms with E-state index < -0.39 is 11.6 Å². The van der Waals surface area contributed by atoms with Gasteiger partial charge in [-0.15, -0.1) is 0 Å². The molecule has 2 heterocycles. The number of pyridine rings is 1. The topological polar surface area (TPSA) is 86.0 Å². The highest BCUT2D eigenvalue weighted by Gasteiger charge is 2.14. The van der Waals surface area contributed by atoms with E-state index in [1.165, 1.54) is 12.4 Å². The summed E-state index contributed by atoms with van der Waals surface area (Å²) in [6.45, 7) is 0. The Morgan fingerprint density at radius 3 is 2.67 bits per heavy atom. The van der Waals surface area contributed by atoms with E-state index in [1.54, 1.807) is 12.3 Å². The summed E-state index contributed by atoms with van der Waals surface area (Å²) >= 11 is 0. The van der Waals surface area contributed by atoms with Crippen LogP contribution in [0.25, 0.3) is 10.9 Å². The van der Waals surface area contributed by atoms with Gasteiger partial charge in [-0.1, -0.05) is 18.2 Å². The van der Waals surface area contributed by atoms with Gasteiger partial charge in [-0.05, 0) is 24.3 Å². The largest absolute Gasteiger partial charge is 0.435 e. The Bertz CT molecular complexity index is 1130. The van der Waals surface area contributed by atoms with Crippen molar-refractivity contribution in [2.24, 2.45) is 0 Å². The fourth-order valence-corrected chi connectivity index (χ4v) is 2.54.